The number of hydrogen-bond donors (Lipinski definition) is 2. The van der Waals surface area contributed by atoms with E-state index in [1.54, 1.807) is 0 Å². The van der Waals surface area contributed by atoms with Gasteiger partial charge in [-0.05, 0) is 25.0 Å². The summed E-state index contributed by atoms with van der Waals surface area (Å²) in [6, 6.07) is 10.1. The first-order chi connectivity index (χ1) is 9.63. The number of aromatic nitrogens is 2. The largest absolute Gasteiger partial charge is 0.420 e. The van der Waals surface area contributed by atoms with E-state index in [2.05, 4.69) is 16.3 Å². The van der Waals surface area contributed by atoms with E-state index in [-0.39, 0.29) is 11.8 Å². The Bertz CT molecular complexity index is 751. The van der Waals surface area contributed by atoms with Crippen LogP contribution in [0.2, 0.25) is 0 Å². The average Bonchev–Trinajstić information content (AvgIpc) is 2.79. The number of aromatic amines is 1. The number of hydrogen-bond acceptors (Lipinski definition) is 4. The van der Waals surface area contributed by atoms with Crippen molar-refractivity contribution in [3.8, 4) is 11.9 Å². The topological polar surface area (TPSA) is 87.7 Å². The molecule has 0 saturated carbocycles. The summed E-state index contributed by atoms with van der Waals surface area (Å²) in [4.78, 5) is 0. The molecule has 3 N–H and O–H groups in total. The van der Waals surface area contributed by atoms with Crippen LogP contribution in [0.1, 0.15) is 28.3 Å². The van der Waals surface area contributed by atoms with Crippen molar-refractivity contribution in [3.63, 3.8) is 0 Å². The molecule has 0 bridgehead atoms. The van der Waals surface area contributed by atoms with Crippen LogP contribution in [0.15, 0.2) is 35.7 Å². The number of nitrogens with one attached hydrogen (secondary N) is 1. The molecule has 1 atom stereocenters. The Hall–Kier alpha value is -2.74. The Balaban J connectivity index is 2.29. The maximum Gasteiger partial charge on any atom is 0.244 e. The van der Waals surface area contributed by atoms with Crippen molar-refractivity contribution in [2.24, 2.45) is 5.73 Å². The predicted molar refractivity (Wildman–Crippen MR) is 73.8 cm³/mol. The number of benzene rings is 1. The standard InChI is InChI=1S/C15H14N4O/c1-8-5-3-4-6-10(8)13-11(7-16)14(17)20-15-12(13)9(2)18-19-15/h3-6,13H,17H2,1-2H3,(H,18,19)/t13-/m0/s1. The van der Waals surface area contributed by atoms with E-state index in [0.717, 1.165) is 22.4 Å². The molecule has 2 heterocycles. The van der Waals surface area contributed by atoms with Crippen molar-refractivity contribution in [1.82, 2.24) is 10.2 Å². The summed E-state index contributed by atoms with van der Waals surface area (Å²) >= 11 is 0. The summed E-state index contributed by atoms with van der Waals surface area (Å²) in [5, 5.41) is 16.4. The molecule has 0 saturated heterocycles. The monoisotopic (exact) mass is 266 g/mol. The van der Waals surface area contributed by atoms with Gasteiger partial charge >= 0.3 is 0 Å². The van der Waals surface area contributed by atoms with Crippen molar-refractivity contribution in [2.45, 2.75) is 19.8 Å². The van der Waals surface area contributed by atoms with Crippen LogP contribution in [-0.4, -0.2) is 10.2 Å². The number of nitrogens with zero attached hydrogens (tertiary/aromatic N) is 2. The smallest absolute Gasteiger partial charge is 0.244 e. The Morgan fingerprint density at radius 3 is 2.80 bits per heavy atom. The number of fused-ring (bicyclic) bond motifs is 1. The molecule has 0 radical (unpaired) electrons. The second-order valence-corrected chi connectivity index (χ2v) is 4.85. The van der Waals surface area contributed by atoms with Crippen molar-refractivity contribution < 1.29 is 4.74 Å². The number of nitriles is 1. The number of allylic oxidation sites excluding steroid dienone is 1. The first-order valence-electron chi connectivity index (χ1n) is 6.31. The van der Waals surface area contributed by atoms with E-state index in [0.29, 0.717) is 11.5 Å². The van der Waals surface area contributed by atoms with Gasteiger partial charge in [0.25, 0.3) is 0 Å². The molecule has 0 unspecified atom stereocenters. The van der Waals surface area contributed by atoms with Gasteiger partial charge in [0.1, 0.15) is 11.6 Å². The van der Waals surface area contributed by atoms with Gasteiger partial charge in [-0.15, -0.1) is 5.10 Å². The Kier molecular flexibility index (Phi) is 2.72. The second-order valence-electron chi connectivity index (χ2n) is 4.85. The Labute approximate surface area is 116 Å². The molecule has 3 rings (SSSR count). The van der Waals surface area contributed by atoms with Crippen LogP contribution in [0.3, 0.4) is 0 Å². The van der Waals surface area contributed by atoms with E-state index >= 15 is 0 Å². The molecule has 5 nitrogen and oxygen atoms in total. The lowest BCUT2D eigenvalue weighted by molar-refractivity contribution is 0.378. The molecule has 2 aromatic rings. The summed E-state index contributed by atoms with van der Waals surface area (Å²) in [6.07, 6.45) is 0. The number of H-pyrrole nitrogens is 1. The van der Waals surface area contributed by atoms with Gasteiger partial charge in [0.15, 0.2) is 0 Å². The highest BCUT2D eigenvalue weighted by Crippen LogP contribution is 2.43. The minimum absolute atomic E-state index is 0.125. The zero-order valence-corrected chi connectivity index (χ0v) is 11.3. The SMILES string of the molecule is Cc1ccccc1[C@H]1C(C#N)=C(N)Oc2n[nH]c(C)c21. The van der Waals surface area contributed by atoms with Gasteiger partial charge in [0, 0.05) is 11.3 Å². The number of aryl methyl sites for hydroxylation is 2. The molecular weight excluding hydrogens is 252 g/mol. The van der Waals surface area contributed by atoms with Gasteiger partial charge in [0.05, 0.1) is 5.92 Å². The summed E-state index contributed by atoms with van der Waals surface area (Å²) in [5.74, 6) is 0.343. The van der Waals surface area contributed by atoms with Crippen LogP contribution >= 0.6 is 0 Å². The lowest BCUT2D eigenvalue weighted by atomic mass is 9.82. The normalized spacial score (nSPS) is 17.4. The molecular formula is C15H14N4O. The molecule has 100 valence electrons. The zero-order valence-electron chi connectivity index (χ0n) is 11.3. The van der Waals surface area contributed by atoms with Crippen molar-refractivity contribution in [3.05, 3.63) is 58.1 Å². The van der Waals surface area contributed by atoms with Gasteiger partial charge in [-0.3, -0.25) is 5.10 Å². The van der Waals surface area contributed by atoms with Crippen molar-refractivity contribution in [2.75, 3.05) is 0 Å². The fourth-order valence-corrected chi connectivity index (χ4v) is 2.62. The lowest BCUT2D eigenvalue weighted by Crippen LogP contribution is -2.21. The molecule has 0 spiro atoms. The highest BCUT2D eigenvalue weighted by atomic mass is 16.5. The van der Waals surface area contributed by atoms with Crippen LogP contribution in [-0.2, 0) is 0 Å². The summed E-state index contributed by atoms with van der Waals surface area (Å²) in [6.45, 7) is 3.93. The fraction of sp³-hybridized carbons (Fsp3) is 0.200. The van der Waals surface area contributed by atoms with Gasteiger partial charge in [-0.1, -0.05) is 24.3 Å². The first-order valence-corrected chi connectivity index (χ1v) is 6.31. The molecule has 1 aromatic carbocycles. The quantitative estimate of drug-likeness (QED) is 0.828. The third kappa shape index (κ3) is 1.66. The van der Waals surface area contributed by atoms with Crippen LogP contribution in [0.4, 0.5) is 0 Å². The summed E-state index contributed by atoms with van der Waals surface area (Å²) < 4.78 is 5.44. The Morgan fingerprint density at radius 1 is 1.35 bits per heavy atom. The van der Waals surface area contributed by atoms with E-state index in [9.17, 15) is 5.26 Å². The van der Waals surface area contributed by atoms with E-state index in [4.69, 9.17) is 10.5 Å². The first kappa shape index (κ1) is 12.3. The van der Waals surface area contributed by atoms with E-state index < -0.39 is 0 Å². The third-order valence-corrected chi connectivity index (χ3v) is 3.63. The predicted octanol–water partition coefficient (Wildman–Crippen LogP) is 2.24. The molecule has 1 aromatic heterocycles. The van der Waals surface area contributed by atoms with Gasteiger partial charge in [0.2, 0.25) is 11.8 Å². The maximum atomic E-state index is 9.44. The molecule has 0 amide bonds. The maximum absolute atomic E-state index is 9.44. The lowest BCUT2D eigenvalue weighted by Gasteiger charge is -2.24. The van der Waals surface area contributed by atoms with Crippen molar-refractivity contribution >= 4 is 0 Å². The summed E-state index contributed by atoms with van der Waals surface area (Å²) in [7, 11) is 0. The molecule has 0 fully saturated rings. The zero-order chi connectivity index (χ0) is 14.3. The van der Waals surface area contributed by atoms with Crippen LogP contribution in [0, 0.1) is 25.2 Å². The molecule has 1 aliphatic heterocycles. The van der Waals surface area contributed by atoms with Crippen LogP contribution in [0.5, 0.6) is 5.88 Å². The average molecular weight is 266 g/mol. The van der Waals surface area contributed by atoms with E-state index in [1.807, 2.05) is 38.1 Å². The number of rotatable bonds is 1. The van der Waals surface area contributed by atoms with E-state index in [1.165, 1.54) is 0 Å². The molecule has 20 heavy (non-hydrogen) atoms. The van der Waals surface area contributed by atoms with Gasteiger partial charge in [-0.25, -0.2) is 0 Å². The fourth-order valence-electron chi connectivity index (χ4n) is 2.62. The minimum atomic E-state index is -0.233. The second kappa shape index (κ2) is 4.42. The highest BCUT2D eigenvalue weighted by Gasteiger charge is 2.34. The molecule has 0 aliphatic carbocycles. The Morgan fingerprint density at radius 2 is 2.10 bits per heavy atom. The highest BCUT2D eigenvalue weighted by molar-refractivity contribution is 5.56. The van der Waals surface area contributed by atoms with Crippen LogP contribution < -0.4 is 10.5 Å². The number of nitrogens with two attached hydrogens (primary N) is 1. The number of ether oxygens (including phenoxy) is 1. The molecule has 1 aliphatic rings. The minimum Gasteiger partial charge on any atom is -0.420 e. The third-order valence-electron chi connectivity index (χ3n) is 3.63. The van der Waals surface area contributed by atoms with Gasteiger partial charge < -0.3 is 10.5 Å². The molecule has 5 heteroatoms. The van der Waals surface area contributed by atoms with Gasteiger partial charge in [-0.2, -0.15) is 5.26 Å². The van der Waals surface area contributed by atoms with Crippen LogP contribution in [0.25, 0.3) is 0 Å². The van der Waals surface area contributed by atoms with Crippen molar-refractivity contribution in [1.29, 1.82) is 5.26 Å². The summed E-state index contributed by atoms with van der Waals surface area (Å²) in [5.41, 5.74) is 10.2.